The SMILES string of the molecule is O=C(c1ccc(-c2ccnc3[nH]ccc23)s1)N1CCNCC1. The van der Waals surface area contributed by atoms with Crippen LogP contribution in [0.1, 0.15) is 9.67 Å². The number of nitrogens with zero attached hydrogens (tertiary/aromatic N) is 2. The molecule has 0 atom stereocenters. The summed E-state index contributed by atoms with van der Waals surface area (Å²) in [4.78, 5) is 23.8. The minimum Gasteiger partial charge on any atom is -0.346 e. The number of piperazine rings is 1. The van der Waals surface area contributed by atoms with Gasteiger partial charge in [-0.25, -0.2) is 4.98 Å². The molecular formula is C16H16N4OS. The highest BCUT2D eigenvalue weighted by Crippen LogP contribution is 2.33. The summed E-state index contributed by atoms with van der Waals surface area (Å²) in [7, 11) is 0. The largest absolute Gasteiger partial charge is 0.346 e. The first kappa shape index (κ1) is 13.5. The number of amides is 1. The Morgan fingerprint density at radius 3 is 2.91 bits per heavy atom. The number of aromatic amines is 1. The Kier molecular flexibility index (Phi) is 3.40. The Labute approximate surface area is 132 Å². The predicted molar refractivity (Wildman–Crippen MR) is 88.2 cm³/mol. The van der Waals surface area contributed by atoms with E-state index in [1.807, 2.05) is 35.4 Å². The number of aromatic nitrogens is 2. The zero-order valence-electron chi connectivity index (χ0n) is 12.0. The summed E-state index contributed by atoms with van der Waals surface area (Å²) >= 11 is 1.55. The van der Waals surface area contributed by atoms with Crippen LogP contribution >= 0.6 is 11.3 Å². The van der Waals surface area contributed by atoms with Gasteiger partial charge < -0.3 is 15.2 Å². The lowest BCUT2D eigenvalue weighted by molar-refractivity contribution is 0.0740. The van der Waals surface area contributed by atoms with E-state index in [1.54, 1.807) is 17.5 Å². The normalized spacial score (nSPS) is 15.4. The molecule has 1 fully saturated rings. The van der Waals surface area contributed by atoms with Crippen molar-refractivity contribution in [1.29, 1.82) is 0 Å². The molecule has 0 aliphatic carbocycles. The van der Waals surface area contributed by atoms with Crippen molar-refractivity contribution in [1.82, 2.24) is 20.2 Å². The maximum Gasteiger partial charge on any atom is 0.264 e. The Morgan fingerprint density at radius 1 is 1.18 bits per heavy atom. The van der Waals surface area contributed by atoms with Gasteiger partial charge in [0.05, 0.1) is 4.88 Å². The highest BCUT2D eigenvalue weighted by molar-refractivity contribution is 7.17. The maximum atomic E-state index is 12.5. The van der Waals surface area contributed by atoms with Crippen LogP contribution in [0.5, 0.6) is 0 Å². The number of nitrogens with one attached hydrogen (secondary N) is 2. The standard InChI is InChI=1S/C16H16N4OS/c21-16(20-9-7-17-8-10-20)14-2-1-13(22-14)11-3-5-18-15-12(11)4-6-19-15/h1-6,17H,7-10H2,(H,18,19). The zero-order chi connectivity index (χ0) is 14.9. The number of pyridine rings is 1. The third-order valence-corrected chi connectivity index (χ3v) is 5.05. The molecule has 4 heterocycles. The van der Waals surface area contributed by atoms with Crippen molar-refractivity contribution in [3.63, 3.8) is 0 Å². The lowest BCUT2D eigenvalue weighted by Crippen LogP contribution is -2.46. The van der Waals surface area contributed by atoms with E-state index in [4.69, 9.17) is 0 Å². The van der Waals surface area contributed by atoms with E-state index in [9.17, 15) is 4.79 Å². The topological polar surface area (TPSA) is 61.0 Å². The van der Waals surface area contributed by atoms with Gasteiger partial charge in [0.1, 0.15) is 5.65 Å². The van der Waals surface area contributed by atoms with Crippen LogP contribution in [-0.2, 0) is 0 Å². The number of hydrogen-bond donors (Lipinski definition) is 2. The smallest absolute Gasteiger partial charge is 0.264 e. The van der Waals surface area contributed by atoms with Gasteiger partial charge in [-0.15, -0.1) is 11.3 Å². The van der Waals surface area contributed by atoms with Gasteiger partial charge in [0.2, 0.25) is 0 Å². The highest BCUT2D eigenvalue weighted by atomic mass is 32.1. The Balaban J connectivity index is 1.66. The first-order chi connectivity index (χ1) is 10.8. The first-order valence-corrected chi connectivity index (χ1v) is 8.17. The molecule has 0 spiro atoms. The van der Waals surface area contributed by atoms with Crippen molar-refractivity contribution in [2.24, 2.45) is 0 Å². The van der Waals surface area contributed by atoms with Crippen LogP contribution in [0.4, 0.5) is 0 Å². The fourth-order valence-electron chi connectivity index (χ4n) is 2.80. The molecule has 6 heteroatoms. The Bertz CT molecular complexity index is 816. The maximum absolute atomic E-state index is 12.5. The molecule has 2 N–H and O–H groups in total. The summed E-state index contributed by atoms with van der Waals surface area (Å²) in [6.45, 7) is 3.31. The molecule has 1 amide bonds. The lowest BCUT2D eigenvalue weighted by Gasteiger charge is -2.26. The van der Waals surface area contributed by atoms with Crippen LogP contribution in [0, 0.1) is 0 Å². The molecule has 1 saturated heterocycles. The van der Waals surface area contributed by atoms with Crippen molar-refractivity contribution in [3.8, 4) is 10.4 Å². The molecule has 22 heavy (non-hydrogen) atoms. The zero-order valence-corrected chi connectivity index (χ0v) is 12.8. The first-order valence-electron chi connectivity index (χ1n) is 7.35. The molecule has 112 valence electrons. The minimum atomic E-state index is 0.136. The third-order valence-electron chi connectivity index (χ3n) is 3.95. The van der Waals surface area contributed by atoms with Crippen LogP contribution in [0.15, 0.2) is 36.7 Å². The summed E-state index contributed by atoms with van der Waals surface area (Å²) in [6.07, 6.45) is 3.69. The van der Waals surface area contributed by atoms with E-state index in [1.165, 1.54) is 0 Å². The van der Waals surface area contributed by atoms with Crippen LogP contribution < -0.4 is 5.32 Å². The summed E-state index contributed by atoms with van der Waals surface area (Å²) in [5, 5.41) is 4.36. The number of hydrogen-bond acceptors (Lipinski definition) is 4. The third kappa shape index (κ3) is 2.30. The molecule has 5 nitrogen and oxygen atoms in total. The van der Waals surface area contributed by atoms with E-state index in [2.05, 4.69) is 15.3 Å². The number of rotatable bonds is 2. The monoisotopic (exact) mass is 312 g/mol. The van der Waals surface area contributed by atoms with Crippen molar-refractivity contribution < 1.29 is 4.79 Å². The number of carbonyl (C=O) groups is 1. The fourth-order valence-corrected chi connectivity index (χ4v) is 3.81. The molecule has 4 rings (SSSR count). The van der Waals surface area contributed by atoms with Gasteiger partial charge in [-0.3, -0.25) is 4.79 Å². The number of carbonyl (C=O) groups excluding carboxylic acids is 1. The molecule has 1 aliphatic rings. The van der Waals surface area contributed by atoms with E-state index in [-0.39, 0.29) is 5.91 Å². The predicted octanol–water partition coefficient (Wildman–Crippen LogP) is 2.34. The highest BCUT2D eigenvalue weighted by Gasteiger charge is 2.20. The average molecular weight is 312 g/mol. The molecule has 0 bridgehead atoms. The summed E-state index contributed by atoms with van der Waals surface area (Å²) in [6, 6.07) is 7.99. The van der Waals surface area contributed by atoms with Crippen molar-refractivity contribution >= 4 is 28.3 Å². The molecular weight excluding hydrogens is 296 g/mol. The lowest BCUT2D eigenvalue weighted by atomic mass is 10.1. The summed E-state index contributed by atoms with van der Waals surface area (Å²) in [5.74, 6) is 0.136. The molecule has 3 aromatic heterocycles. The quantitative estimate of drug-likeness (QED) is 0.763. The molecule has 0 radical (unpaired) electrons. The second kappa shape index (κ2) is 5.55. The van der Waals surface area contributed by atoms with Crippen LogP contribution in [-0.4, -0.2) is 47.0 Å². The Morgan fingerprint density at radius 2 is 2.05 bits per heavy atom. The molecule has 3 aromatic rings. The van der Waals surface area contributed by atoms with Gasteiger partial charge in [0.25, 0.3) is 5.91 Å². The van der Waals surface area contributed by atoms with Crippen LogP contribution in [0.3, 0.4) is 0 Å². The van der Waals surface area contributed by atoms with Crippen molar-refractivity contribution in [3.05, 3.63) is 41.5 Å². The summed E-state index contributed by atoms with van der Waals surface area (Å²) < 4.78 is 0. The van der Waals surface area contributed by atoms with Gasteiger partial charge in [-0.1, -0.05) is 0 Å². The van der Waals surface area contributed by atoms with Crippen molar-refractivity contribution in [2.75, 3.05) is 26.2 Å². The average Bonchev–Trinajstić information content (AvgIpc) is 3.24. The van der Waals surface area contributed by atoms with E-state index in [0.717, 1.165) is 52.5 Å². The van der Waals surface area contributed by atoms with Crippen molar-refractivity contribution in [2.45, 2.75) is 0 Å². The minimum absolute atomic E-state index is 0.136. The molecule has 0 unspecified atom stereocenters. The second-order valence-corrected chi connectivity index (χ2v) is 6.39. The van der Waals surface area contributed by atoms with Crippen LogP contribution in [0.25, 0.3) is 21.5 Å². The number of thiophene rings is 1. The summed E-state index contributed by atoms with van der Waals surface area (Å²) in [5.41, 5.74) is 2.00. The Hall–Kier alpha value is -2.18. The van der Waals surface area contributed by atoms with E-state index in [0.29, 0.717) is 0 Å². The second-order valence-electron chi connectivity index (χ2n) is 5.30. The molecule has 0 aromatic carbocycles. The fraction of sp³-hybridized carbons (Fsp3) is 0.250. The van der Waals surface area contributed by atoms with E-state index < -0.39 is 0 Å². The van der Waals surface area contributed by atoms with Crippen LogP contribution in [0.2, 0.25) is 0 Å². The van der Waals surface area contributed by atoms with Gasteiger partial charge in [0.15, 0.2) is 0 Å². The van der Waals surface area contributed by atoms with E-state index >= 15 is 0 Å². The van der Waals surface area contributed by atoms with Gasteiger partial charge >= 0.3 is 0 Å². The van der Waals surface area contributed by atoms with Gasteiger partial charge in [-0.2, -0.15) is 0 Å². The number of H-pyrrole nitrogens is 1. The van der Waals surface area contributed by atoms with Gasteiger partial charge in [0, 0.05) is 54.4 Å². The molecule has 0 saturated carbocycles. The molecule has 1 aliphatic heterocycles. The van der Waals surface area contributed by atoms with Gasteiger partial charge in [-0.05, 0) is 24.3 Å². The number of fused-ring (bicyclic) bond motifs is 1.